The first kappa shape index (κ1) is 55.4. The van der Waals surface area contributed by atoms with Crippen molar-refractivity contribution in [2.75, 3.05) is 0 Å². The van der Waals surface area contributed by atoms with Gasteiger partial charge >= 0.3 is 52.6 Å². The first-order valence-electron chi connectivity index (χ1n) is 7.94. The van der Waals surface area contributed by atoms with E-state index in [1.807, 2.05) is 0 Å². The average molecular weight is 675 g/mol. The maximum atomic E-state index is 9.74. The van der Waals surface area contributed by atoms with Gasteiger partial charge in [0.1, 0.15) is 0 Å². The third-order valence-electron chi connectivity index (χ3n) is 2.09. The van der Waals surface area contributed by atoms with E-state index in [4.69, 9.17) is 48.3 Å². The Kier molecular flexibility index (Phi) is 59.9. The van der Waals surface area contributed by atoms with Crippen molar-refractivity contribution in [3.8, 4) is 16.2 Å². The average Bonchev–Trinajstić information content (AvgIpc) is 2.69. The van der Waals surface area contributed by atoms with Crippen molar-refractivity contribution in [2.24, 2.45) is 17.2 Å². The van der Waals surface area contributed by atoms with Crippen LogP contribution in [0, 0.1) is 32.0 Å². The molecular formula is C15H18Cr2N6O12S3. The second-order valence-corrected chi connectivity index (χ2v) is 5.39. The third kappa shape index (κ3) is 76.6. The Bertz CT molecular complexity index is 716. The van der Waals surface area contributed by atoms with Crippen LogP contribution in [0.4, 0.5) is 0 Å². The van der Waals surface area contributed by atoms with Gasteiger partial charge in [-0.2, -0.15) is 0 Å². The fraction of sp³-hybridized carbons (Fsp3) is 0.400. The predicted octanol–water partition coefficient (Wildman–Crippen LogP) is -7.35. The summed E-state index contributed by atoms with van der Waals surface area (Å²) in [6.07, 6.45) is -1.78. The standard InChI is InChI=1S/3C4H7NO4.3CHNS.2Cr/c3*5-2(4(8)9)1-3(6)7;3*2-1-3;;/h3*2H,1,5H2,(H,6,7)(H,8,9);3*3H;;/q;;;;;;2*+3/p-6/t3*2-;;;;;/m000...../s1. The van der Waals surface area contributed by atoms with Crippen molar-refractivity contribution in [1.29, 1.82) is 15.8 Å². The van der Waals surface area contributed by atoms with Gasteiger partial charge in [-0.05, 0) is 0 Å². The van der Waals surface area contributed by atoms with Gasteiger partial charge in [0.05, 0.1) is 55.3 Å². The SMILES string of the molecule is N#C[S-].N#C[S-].N#C[S-].N[C@@H](CC(=O)O)C(=O)[O-].N[C@@H](CC(=O)O)C(=O)[O-].N[C@@H](CC(=O)O)C(=O)[O-].[Cr+3].[Cr+3]. The van der Waals surface area contributed by atoms with Crippen LogP contribution in [0.3, 0.4) is 0 Å². The number of carbonyl (C=O) groups excluding carboxylic acids is 3. The summed E-state index contributed by atoms with van der Waals surface area (Å²) in [6, 6.07) is -4.20. The number of carboxylic acid groups (broad SMARTS) is 6. The summed E-state index contributed by atoms with van der Waals surface area (Å²) in [5.74, 6) is -8.36. The third-order valence-corrected chi connectivity index (χ3v) is 2.09. The molecule has 0 unspecified atom stereocenters. The molecule has 0 aromatic rings. The van der Waals surface area contributed by atoms with E-state index in [2.05, 4.69) is 37.9 Å². The molecule has 18 nitrogen and oxygen atoms in total. The maximum Gasteiger partial charge on any atom is 3.00 e. The van der Waals surface area contributed by atoms with Crippen molar-refractivity contribution in [2.45, 2.75) is 37.4 Å². The number of thiocyanates is 3. The Morgan fingerprint density at radius 2 is 0.684 bits per heavy atom. The Morgan fingerprint density at radius 3 is 0.711 bits per heavy atom. The van der Waals surface area contributed by atoms with Crippen molar-refractivity contribution < 1.29 is 94.1 Å². The number of carboxylic acids is 6. The van der Waals surface area contributed by atoms with Gasteiger partial charge in [-0.15, -0.1) is 0 Å². The van der Waals surface area contributed by atoms with Crippen LogP contribution in [-0.4, -0.2) is 69.3 Å². The molecule has 9 N–H and O–H groups in total. The van der Waals surface area contributed by atoms with Gasteiger partial charge < -0.3 is 100 Å². The molecule has 23 heteroatoms. The molecular weight excluding hydrogens is 656 g/mol. The van der Waals surface area contributed by atoms with Crippen LogP contribution in [0.1, 0.15) is 19.3 Å². The molecule has 0 aliphatic carbocycles. The number of hydrogen-bond acceptors (Lipinski definition) is 18. The summed E-state index contributed by atoms with van der Waals surface area (Å²) in [4.78, 5) is 58.4. The van der Waals surface area contributed by atoms with E-state index < -0.39 is 73.2 Å². The van der Waals surface area contributed by atoms with Gasteiger partial charge in [0.15, 0.2) is 0 Å². The van der Waals surface area contributed by atoms with Crippen molar-refractivity contribution >= 4 is 73.7 Å². The zero-order chi connectivity index (χ0) is 30.4. The zero-order valence-corrected chi connectivity index (χ0v) is 23.5. The Labute approximate surface area is 253 Å². The summed E-state index contributed by atoms with van der Waals surface area (Å²) < 4.78 is 0. The second-order valence-electron chi connectivity index (χ2n) is 4.84. The number of rotatable bonds is 9. The van der Waals surface area contributed by atoms with Crippen LogP contribution in [0.5, 0.6) is 0 Å². The van der Waals surface area contributed by atoms with Crippen molar-refractivity contribution in [1.82, 2.24) is 0 Å². The monoisotopic (exact) mass is 674 g/mol. The number of nitrogens with zero attached hydrogens (tertiary/aromatic N) is 3. The summed E-state index contributed by atoms with van der Waals surface area (Å²) in [5, 5.41) is 78.5. The quantitative estimate of drug-likeness (QED) is 0.0976. The molecule has 210 valence electrons. The number of hydrogen-bond donors (Lipinski definition) is 6. The summed E-state index contributed by atoms with van der Waals surface area (Å²) >= 11 is 11.1. The minimum Gasteiger partial charge on any atom is -0.696 e. The Hall–Kier alpha value is -3.11. The minimum atomic E-state index is -1.54. The summed E-state index contributed by atoms with van der Waals surface area (Å²) in [6.45, 7) is 0. The normalized spacial score (nSPS) is 9.47. The topological polar surface area (TPSA) is 382 Å². The van der Waals surface area contributed by atoms with Crippen molar-refractivity contribution in [3.63, 3.8) is 0 Å². The molecule has 38 heavy (non-hydrogen) atoms. The Morgan fingerprint density at radius 1 is 0.579 bits per heavy atom. The van der Waals surface area contributed by atoms with Crippen LogP contribution >= 0.6 is 0 Å². The molecule has 0 fully saturated rings. The van der Waals surface area contributed by atoms with E-state index in [1.165, 1.54) is 16.2 Å². The van der Waals surface area contributed by atoms with Gasteiger partial charge in [-0.1, -0.05) is 16.2 Å². The van der Waals surface area contributed by atoms with E-state index in [1.54, 1.807) is 0 Å². The van der Waals surface area contributed by atoms with Gasteiger partial charge in [0, 0.05) is 0 Å². The Balaban J connectivity index is -0.0000000500. The van der Waals surface area contributed by atoms with Crippen LogP contribution in [0.2, 0.25) is 0 Å². The summed E-state index contributed by atoms with van der Waals surface area (Å²) in [5.41, 5.74) is 14.3. The van der Waals surface area contributed by atoms with E-state index in [0.717, 1.165) is 0 Å². The number of aliphatic carboxylic acids is 6. The zero-order valence-electron chi connectivity index (χ0n) is 18.5. The molecule has 0 aliphatic heterocycles. The van der Waals surface area contributed by atoms with Gasteiger partial charge in [0.2, 0.25) is 0 Å². The molecule has 0 bridgehead atoms. The molecule has 2 radical (unpaired) electrons. The molecule has 0 heterocycles. The second kappa shape index (κ2) is 41.0. The van der Waals surface area contributed by atoms with Gasteiger partial charge in [0.25, 0.3) is 0 Å². The number of nitriles is 3. The van der Waals surface area contributed by atoms with Crippen LogP contribution in [0.25, 0.3) is 0 Å². The first-order chi connectivity index (χ1) is 16.4. The van der Waals surface area contributed by atoms with E-state index in [-0.39, 0.29) is 34.7 Å². The van der Waals surface area contributed by atoms with E-state index in [0.29, 0.717) is 0 Å². The van der Waals surface area contributed by atoms with Crippen LogP contribution < -0.4 is 32.5 Å². The molecule has 0 amide bonds. The summed E-state index contributed by atoms with van der Waals surface area (Å²) in [7, 11) is 0. The molecule has 0 rings (SSSR count). The number of nitrogens with two attached hydrogens (primary N) is 3. The molecule has 0 aromatic carbocycles. The van der Waals surface area contributed by atoms with Crippen LogP contribution in [0.15, 0.2) is 0 Å². The van der Waals surface area contributed by atoms with Gasteiger partial charge in [-0.25, -0.2) is 15.8 Å². The smallest absolute Gasteiger partial charge is 0.696 e. The van der Waals surface area contributed by atoms with Crippen LogP contribution in [-0.2, 0) is 101 Å². The van der Waals surface area contributed by atoms with E-state index in [9.17, 15) is 44.1 Å². The first-order valence-corrected chi connectivity index (χ1v) is 9.17. The molecule has 0 saturated heterocycles. The predicted molar refractivity (Wildman–Crippen MR) is 115 cm³/mol. The maximum absolute atomic E-state index is 9.74. The molecule has 0 aliphatic rings. The molecule has 0 aromatic heterocycles. The fourth-order valence-corrected chi connectivity index (χ4v) is 0.814. The molecule has 0 saturated carbocycles. The van der Waals surface area contributed by atoms with Gasteiger partial charge in [-0.3, -0.25) is 14.4 Å². The van der Waals surface area contributed by atoms with Crippen molar-refractivity contribution in [3.05, 3.63) is 0 Å². The van der Waals surface area contributed by atoms with E-state index >= 15 is 0 Å². The number of carbonyl (C=O) groups is 6. The minimum absolute atomic E-state index is 0. The largest absolute Gasteiger partial charge is 3.00 e. The molecule has 0 spiro atoms. The fourth-order valence-electron chi connectivity index (χ4n) is 0.814. The molecule has 3 atom stereocenters.